The van der Waals surface area contributed by atoms with E-state index in [0.29, 0.717) is 22.8 Å². The number of carboxylic acids is 2. The smallest absolute Gasteiger partial charge is 0.336 e. The molecule has 3 aromatic carbocycles. The third-order valence-electron chi connectivity index (χ3n) is 9.57. The number of hydrogen-bond acceptors (Lipinski definition) is 19. The van der Waals surface area contributed by atoms with Crippen LogP contribution in [0.3, 0.4) is 0 Å². The lowest BCUT2D eigenvalue weighted by molar-refractivity contribution is -0.162. The number of rotatable bonds is 21. The molecule has 354 valence electrons. The van der Waals surface area contributed by atoms with Gasteiger partial charge in [0.05, 0.1) is 18.4 Å². The SMILES string of the molecule is Nc1ccc(C(=O)N[C@@H](CCC(=O)O)C(=O)OC(=O)CC[C@H](NC(=O)c2ccc(NCc3cnc4nc(N)[nH]c(=O)c4n3)cc2)C(=O)OC(=O)[C@H](CCC(=O)O)NC(=O)c2ccc(N)cc2)cc1. The summed E-state index contributed by atoms with van der Waals surface area (Å²) in [5.41, 5.74) is 17.8. The van der Waals surface area contributed by atoms with E-state index in [2.05, 4.69) is 41.2 Å². The summed E-state index contributed by atoms with van der Waals surface area (Å²) in [7, 11) is 0. The van der Waals surface area contributed by atoms with Crippen molar-refractivity contribution in [3.63, 3.8) is 0 Å². The van der Waals surface area contributed by atoms with Crippen LogP contribution in [-0.4, -0.2) is 102 Å². The Morgan fingerprint density at radius 2 is 1.01 bits per heavy atom. The van der Waals surface area contributed by atoms with E-state index in [1.165, 1.54) is 79.0 Å². The molecular weight excluding hydrogens is 895 g/mol. The van der Waals surface area contributed by atoms with E-state index >= 15 is 0 Å². The standard InChI is InChI=1S/C43H43N11O14/c44-24-7-1-21(2-8-24)36(60)50-28(13-16-31(55)56)40(64)67-33(59)18-15-30(42(66)68-41(65)29(14-17-32(57)58)51-37(61)22-3-9-25(45)10-4-22)52-38(62)23-5-11-26(12-6-23)47-19-27-20-48-35-34(49-27)39(63)54-43(46)53-35/h1-12,20,28-30,47H,13-19,44-45H2,(H,50,60)(H,51,61)(H,52,62)(H,55,56)(H,57,58)(H3,46,48,53,54,63)/t28-,29-,30-/m0/s1. The molecule has 2 heterocycles. The highest BCUT2D eigenvalue weighted by molar-refractivity contribution is 6.01. The molecule has 0 aliphatic rings. The zero-order chi connectivity index (χ0) is 49.5. The van der Waals surface area contributed by atoms with Crippen molar-refractivity contribution in [1.29, 1.82) is 0 Å². The van der Waals surface area contributed by atoms with Gasteiger partial charge in [-0.15, -0.1) is 0 Å². The Hall–Kier alpha value is -9.29. The van der Waals surface area contributed by atoms with Crippen LogP contribution in [0.4, 0.5) is 23.0 Å². The van der Waals surface area contributed by atoms with Crippen LogP contribution < -0.4 is 44.0 Å². The number of carboxylic acid groups (broad SMARTS) is 2. The zero-order valence-electron chi connectivity index (χ0n) is 35.6. The number of nitrogens with zero attached hydrogens (tertiary/aromatic N) is 3. The molecule has 0 unspecified atom stereocenters. The van der Waals surface area contributed by atoms with Crippen LogP contribution in [0, 0.1) is 0 Å². The van der Waals surface area contributed by atoms with E-state index in [4.69, 9.17) is 26.7 Å². The van der Waals surface area contributed by atoms with Gasteiger partial charge in [0.15, 0.2) is 11.2 Å². The van der Waals surface area contributed by atoms with Gasteiger partial charge in [-0.1, -0.05) is 0 Å². The number of aromatic nitrogens is 4. The van der Waals surface area contributed by atoms with E-state index in [9.17, 15) is 58.2 Å². The van der Waals surface area contributed by atoms with E-state index in [0.717, 1.165) is 0 Å². The molecule has 3 atom stereocenters. The Morgan fingerprint density at radius 3 is 1.47 bits per heavy atom. The predicted molar refractivity (Wildman–Crippen MR) is 237 cm³/mol. The van der Waals surface area contributed by atoms with Crippen molar-refractivity contribution >= 4 is 87.7 Å². The summed E-state index contributed by atoms with van der Waals surface area (Å²) in [5, 5.41) is 28.5. The number of esters is 4. The second-order valence-electron chi connectivity index (χ2n) is 14.7. The number of fused-ring (bicyclic) bond motifs is 1. The molecule has 0 fully saturated rings. The largest absolute Gasteiger partial charge is 0.481 e. The van der Waals surface area contributed by atoms with Gasteiger partial charge in [-0.05, 0) is 92.1 Å². The number of carbonyl (C=O) groups is 9. The van der Waals surface area contributed by atoms with Gasteiger partial charge in [-0.25, -0.2) is 24.4 Å². The number of anilines is 4. The molecule has 0 bridgehead atoms. The number of nitrogen functional groups attached to an aromatic ring is 3. The zero-order valence-corrected chi connectivity index (χ0v) is 35.6. The number of aromatic amines is 1. The normalized spacial score (nSPS) is 12.1. The van der Waals surface area contributed by atoms with E-state index < -0.39 is 116 Å². The quantitative estimate of drug-likeness (QED) is 0.0271. The number of nitrogens with one attached hydrogen (secondary N) is 5. The molecule has 0 aliphatic carbocycles. The lowest BCUT2D eigenvalue weighted by Crippen LogP contribution is -2.47. The van der Waals surface area contributed by atoms with Crippen LogP contribution in [0.2, 0.25) is 0 Å². The maximum absolute atomic E-state index is 13.6. The first-order chi connectivity index (χ1) is 32.3. The van der Waals surface area contributed by atoms with Gasteiger partial charge in [0.1, 0.15) is 18.1 Å². The monoisotopic (exact) mass is 937 g/mol. The molecule has 5 rings (SSSR count). The van der Waals surface area contributed by atoms with Crippen molar-refractivity contribution in [1.82, 2.24) is 35.9 Å². The van der Waals surface area contributed by atoms with Gasteiger partial charge in [-0.2, -0.15) is 4.98 Å². The minimum Gasteiger partial charge on any atom is -0.481 e. The van der Waals surface area contributed by atoms with Crippen LogP contribution >= 0.6 is 0 Å². The molecule has 13 N–H and O–H groups in total. The Kier molecular flexibility index (Phi) is 16.9. The van der Waals surface area contributed by atoms with Crippen molar-refractivity contribution in [3.8, 4) is 0 Å². The van der Waals surface area contributed by atoms with Crippen molar-refractivity contribution in [2.75, 3.05) is 22.5 Å². The second-order valence-corrected chi connectivity index (χ2v) is 14.7. The maximum atomic E-state index is 13.6. The Labute approximate surface area is 383 Å². The summed E-state index contributed by atoms with van der Waals surface area (Å²) in [6, 6.07) is 11.4. The van der Waals surface area contributed by atoms with Gasteiger partial charge in [0.25, 0.3) is 23.3 Å². The van der Waals surface area contributed by atoms with E-state index in [1.54, 1.807) is 0 Å². The molecule has 0 saturated heterocycles. The van der Waals surface area contributed by atoms with Crippen molar-refractivity contribution in [3.05, 3.63) is 112 Å². The number of carbonyl (C=O) groups excluding carboxylic acids is 7. The first kappa shape index (κ1) is 49.7. The van der Waals surface area contributed by atoms with Gasteiger partial charge >= 0.3 is 35.8 Å². The van der Waals surface area contributed by atoms with Crippen LogP contribution in [0.15, 0.2) is 83.8 Å². The first-order valence-corrected chi connectivity index (χ1v) is 20.3. The molecule has 0 radical (unpaired) electrons. The van der Waals surface area contributed by atoms with Gasteiger partial charge < -0.3 is 58.2 Å². The lowest BCUT2D eigenvalue weighted by Gasteiger charge is -2.20. The summed E-state index contributed by atoms with van der Waals surface area (Å²) in [6.07, 6.45) is -2.43. The topological polar surface area (TPSA) is 410 Å². The summed E-state index contributed by atoms with van der Waals surface area (Å²) < 4.78 is 9.93. The summed E-state index contributed by atoms with van der Waals surface area (Å²) in [6.45, 7) is 0.0714. The van der Waals surface area contributed by atoms with E-state index in [-0.39, 0.29) is 40.3 Å². The van der Waals surface area contributed by atoms with Gasteiger partial charge in [-0.3, -0.25) is 38.5 Å². The molecule has 0 spiro atoms. The molecule has 3 amide bonds. The molecule has 25 nitrogen and oxygen atoms in total. The Morgan fingerprint density at radius 1 is 0.588 bits per heavy atom. The number of amides is 3. The van der Waals surface area contributed by atoms with Crippen molar-refractivity contribution in [2.24, 2.45) is 0 Å². The van der Waals surface area contributed by atoms with Crippen LogP contribution in [-0.2, 0) is 44.8 Å². The number of benzene rings is 3. The van der Waals surface area contributed by atoms with Gasteiger partial charge in [0.2, 0.25) is 5.95 Å². The number of H-pyrrole nitrogens is 1. The fourth-order valence-electron chi connectivity index (χ4n) is 6.00. The minimum atomic E-state index is -1.84. The first-order valence-electron chi connectivity index (χ1n) is 20.3. The summed E-state index contributed by atoms with van der Waals surface area (Å²) in [5.74, 6) is -11.0. The fourth-order valence-corrected chi connectivity index (χ4v) is 6.00. The summed E-state index contributed by atoms with van der Waals surface area (Å²) >= 11 is 0. The van der Waals surface area contributed by atoms with Crippen molar-refractivity contribution < 1.29 is 62.8 Å². The maximum Gasteiger partial charge on any atom is 0.336 e. The predicted octanol–water partition coefficient (Wildman–Crippen LogP) is 0.417. The number of hydrogen-bond donors (Lipinski definition) is 10. The Bertz CT molecular complexity index is 2780. The molecule has 25 heteroatoms. The third kappa shape index (κ3) is 14.6. The highest BCUT2D eigenvalue weighted by Crippen LogP contribution is 2.15. The molecule has 0 saturated carbocycles. The molecule has 0 aliphatic heterocycles. The molecule has 5 aromatic rings. The molecular formula is C43H43N11O14. The van der Waals surface area contributed by atoms with Crippen LogP contribution in [0.1, 0.15) is 75.3 Å². The molecule has 2 aromatic heterocycles. The lowest BCUT2D eigenvalue weighted by atomic mass is 10.1. The van der Waals surface area contributed by atoms with Crippen molar-refractivity contribution in [2.45, 2.75) is 63.2 Å². The minimum absolute atomic E-state index is 0.0237. The van der Waals surface area contributed by atoms with Crippen LogP contribution in [0.25, 0.3) is 11.2 Å². The fraction of sp³-hybridized carbons (Fsp3) is 0.233. The average Bonchev–Trinajstić information content (AvgIpc) is 3.29. The molecule has 68 heavy (non-hydrogen) atoms. The number of aliphatic carboxylic acids is 2. The van der Waals surface area contributed by atoms with Crippen LogP contribution in [0.5, 0.6) is 0 Å². The Balaban J connectivity index is 1.30. The van der Waals surface area contributed by atoms with E-state index in [1.807, 2.05) is 0 Å². The second kappa shape index (κ2) is 23.1. The highest BCUT2D eigenvalue weighted by atomic mass is 16.6. The highest BCUT2D eigenvalue weighted by Gasteiger charge is 2.32. The number of ether oxygens (including phenoxy) is 2. The summed E-state index contributed by atoms with van der Waals surface area (Å²) in [4.78, 5) is 142. The average molecular weight is 938 g/mol. The van der Waals surface area contributed by atoms with Gasteiger partial charge in [0, 0.05) is 53.0 Å². The third-order valence-corrected chi connectivity index (χ3v) is 9.57. The number of nitrogens with two attached hydrogens (primary N) is 3.